The summed E-state index contributed by atoms with van der Waals surface area (Å²) in [6.45, 7) is 0.476. The van der Waals surface area contributed by atoms with E-state index in [4.69, 9.17) is 17.0 Å². The number of thiocarbonyl (C=S) groups is 1. The molecule has 3 heterocycles. The van der Waals surface area contributed by atoms with E-state index in [-0.39, 0.29) is 18.7 Å². The molecule has 0 radical (unpaired) electrons. The highest BCUT2D eigenvalue weighted by Crippen LogP contribution is 2.39. The van der Waals surface area contributed by atoms with Crippen molar-refractivity contribution in [3.05, 3.63) is 78.4 Å². The molecule has 144 valence electrons. The van der Waals surface area contributed by atoms with Gasteiger partial charge in [0.05, 0.1) is 31.5 Å². The lowest BCUT2D eigenvalue weighted by Gasteiger charge is -2.28. The van der Waals surface area contributed by atoms with Gasteiger partial charge in [-0.25, -0.2) is 0 Å². The summed E-state index contributed by atoms with van der Waals surface area (Å²) >= 11 is 5.58. The zero-order valence-electron chi connectivity index (χ0n) is 15.5. The fourth-order valence-electron chi connectivity index (χ4n) is 3.69. The lowest BCUT2D eigenvalue weighted by molar-refractivity contribution is 0.220. The first kappa shape index (κ1) is 18.5. The second-order valence-electron chi connectivity index (χ2n) is 6.54. The molecule has 7 heteroatoms. The Hall–Kier alpha value is -2.90. The number of rotatable bonds is 6. The molecule has 4 rings (SSSR count). The predicted octanol–water partition coefficient (Wildman–Crippen LogP) is 2.85. The number of hydrogen-bond donors (Lipinski definition) is 2. The van der Waals surface area contributed by atoms with Crippen LogP contribution in [0.25, 0.3) is 5.69 Å². The summed E-state index contributed by atoms with van der Waals surface area (Å²) in [5, 5.41) is 13.6. The van der Waals surface area contributed by atoms with Gasteiger partial charge < -0.3 is 24.6 Å². The maximum Gasteiger partial charge on any atom is 0.170 e. The predicted molar refractivity (Wildman–Crippen MR) is 112 cm³/mol. The fourth-order valence-corrected chi connectivity index (χ4v) is 4.02. The molecular weight excluding hydrogens is 372 g/mol. The highest BCUT2D eigenvalue weighted by molar-refractivity contribution is 7.80. The van der Waals surface area contributed by atoms with E-state index in [1.807, 2.05) is 59.6 Å². The fraction of sp³-hybridized carbons (Fsp3) is 0.238. The lowest BCUT2D eigenvalue weighted by Crippen LogP contribution is -2.32. The zero-order valence-corrected chi connectivity index (χ0v) is 16.3. The van der Waals surface area contributed by atoms with E-state index in [1.165, 1.54) is 0 Å². The summed E-state index contributed by atoms with van der Waals surface area (Å²) in [6.07, 6.45) is 3.82. The van der Waals surface area contributed by atoms with Crippen LogP contribution >= 0.6 is 12.2 Å². The molecule has 0 saturated carbocycles. The van der Waals surface area contributed by atoms with Crippen LogP contribution in [0.3, 0.4) is 0 Å². The third kappa shape index (κ3) is 3.34. The van der Waals surface area contributed by atoms with Crippen molar-refractivity contribution in [2.24, 2.45) is 0 Å². The van der Waals surface area contributed by atoms with Crippen molar-refractivity contribution in [1.82, 2.24) is 19.8 Å². The van der Waals surface area contributed by atoms with Crippen LogP contribution in [0.5, 0.6) is 5.75 Å². The third-order valence-corrected chi connectivity index (χ3v) is 5.32. The topological polar surface area (TPSA) is 62.5 Å². The number of benzene rings is 1. The molecule has 0 unspecified atom stereocenters. The van der Waals surface area contributed by atoms with Crippen LogP contribution in [-0.4, -0.2) is 44.9 Å². The molecule has 1 aromatic carbocycles. The average Bonchev–Trinajstić information content (AvgIpc) is 3.34. The second kappa shape index (κ2) is 8.00. The average molecular weight is 395 g/mol. The van der Waals surface area contributed by atoms with Crippen molar-refractivity contribution >= 4 is 17.3 Å². The number of β-amino-alcohol motifs (C(OH)–C–C–N with tert-alkyl or cyclic N) is 1. The Bertz CT molecular complexity index is 943. The molecule has 2 atom stereocenters. The van der Waals surface area contributed by atoms with Crippen molar-refractivity contribution in [2.45, 2.75) is 12.1 Å². The molecule has 0 bridgehead atoms. The van der Waals surface area contributed by atoms with Crippen molar-refractivity contribution < 1.29 is 9.84 Å². The molecule has 1 aliphatic heterocycles. The van der Waals surface area contributed by atoms with Crippen LogP contribution in [0.1, 0.15) is 23.5 Å². The molecule has 0 amide bonds. The van der Waals surface area contributed by atoms with Crippen molar-refractivity contribution in [1.29, 1.82) is 0 Å². The molecule has 6 nitrogen and oxygen atoms in total. The Balaban J connectivity index is 1.77. The molecule has 2 aromatic heterocycles. The summed E-state index contributed by atoms with van der Waals surface area (Å²) in [7, 11) is 1.66. The number of pyridine rings is 1. The van der Waals surface area contributed by atoms with Gasteiger partial charge in [0.1, 0.15) is 5.75 Å². The molecule has 28 heavy (non-hydrogen) atoms. The standard InChI is InChI=1S/C21H22N4O2S/c1-27-16-9-7-15(8-10-16)24-12-4-6-18(24)20-19(17-5-2-3-11-22-17)23-21(28)25(20)13-14-26/h2-12,19-20,26H,13-14H2,1H3,(H,23,28)/t19-,20-/m1/s1. The van der Waals surface area contributed by atoms with Crippen molar-refractivity contribution in [2.75, 3.05) is 20.3 Å². The van der Waals surface area contributed by atoms with Crippen LogP contribution in [0, 0.1) is 0 Å². The number of nitrogens with one attached hydrogen (secondary N) is 1. The number of aliphatic hydroxyl groups excluding tert-OH is 1. The number of aliphatic hydroxyl groups is 1. The Morgan fingerprint density at radius 2 is 1.96 bits per heavy atom. The van der Waals surface area contributed by atoms with Gasteiger partial charge in [-0.15, -0.1) is 0 Å². The molecule has 3 aromatic rings. The van der Waals surface area contributed by atoms with E-state index in [1.54, 1.807) is 13.3 Å². The van der Waals surface area contributed by atoms with E-state index >= 15 is 0 Å². The van der Waals surface area contributed by atoms with Gasteiger partial charge in [0, 0.05) is 30.3 Å². The summed E-state index contributed by atoms with van der Waals surface area (Å²) in [5.41, 5.74) is 3.02. The Morgan fingerprint density at radius 1 is 1.14 bits per heavy atom. The highest BCUT2D eigenvalue weighted by Gasteiger charge is 2.40. The summed E-state index contributed by atoms with van der Waals surface area (Å²) in [5.74, 6) is 0.814. The zero-order chi connectivity index (χ0) is 19.5. The molecule has 1 aliphatic rings. The molecule has 1 saturated heterocycles. The van der Waals surface area contributed by atoms with Gasteiger partial charge in [0.2, 0.25) is 0 Å². The first-order valence-electron chi connectivity index (χ1n) is 9.13. The van der Waals surface area contributed by atoms with Gasteiger partial charge in [0.25, 0.3) is 0 Å². The van der Waals surface area contributed by atoms with Crippen molar-refractivity contribution in [3.8, 4) is 11.4 Å². The first-order chi connectivity index (χ1) is 13.7. The van der Waals surface area contributed by atoms with Gasteiger partial charge in [0.15, 0.2) is 5.11 Å². The van der Waals surface area contributed by atoms with Gasteiger partial charge in [-0.05, 0) is 60.7 Å². The summed E-state index contributed by atoms with van der Waals surface area (Å²) in [6, 6.07) is 17.7. The Kier molecular flexibility index (Phi) is 5.27. The quantitative estimate of drug-likeness (QED) is 0.627. The number of methoxy groups -OCH3 is 1. The maximum absolute atomic E-state index is 9.60. The van der Waals surface area contributed by atoms with E-state index in [0.717, 1.165) is 22.8 Å². The number of nitrogens with zero attached hydrogens (tertiary/aromatic N) is 3. The number of hydrogen-bond acceptors (Lipinski definition) is 4. The van der Waals surface area contributed by atoms with Crippen LogP contribution in [-0.2, 0) is 0 Å². The Morgan fingerprint density at radius 3 is 2.64 bits per heavy atom. The number of ether oxygens (including phenoxy) is 1. The van der Waals surface area contributed by atoms with E-state index in [2.05, 4.69) is 20.9 Å². The first-order valence-corrected chi connectivity index (χ1v) is 9.54. The van der Waals surface area contributed by atoms with Crippen LogP contribution in [0.2, 0.25) is 0 Å². The normalized spacial score (nSPS) is 18.9. The lowest BCUT2D eigenvalue weighted by atomic mass is 10.0. The third-order valence-electron chi connectivity index (χ3n) is 4.97. The molecule has 0 aliphatic carbocycles. The molecule has 1 fully saturated rings. The Labute approximate surface area is 169 Å². The minimum atomic E-state index is -0.104. The van der Waals surface area contributed by atoms with E-state index in [0.29, 0.717) is 11.7 Å². The van der Waals surface area contributed by atoms with Gasteiger partial charge >= 0.3 is 0 Å². The van der Waals surface area contributed by atoms with Gasteiger partial charge in [-0.3, -0.25) is 4.98 Å². The van der Waals surface area contributed by atoms with E-state index < -0.39 is 0 Å². The molecule has 2 N–H and O–H groups in total. The smallest absolute Gasteiger partial charge is 0.170 e. The summed E-state index contributed by atoms with van der Waals surface area (Å²) < 4.78 is 7.41. The largest absolute Gasteiger partial charge is 0.497 e. The minimum Gasteiger partial charge on any atom is -0.497 e. The SMILES string of the molecule is COc1ccc(-n2cccc2[C@@H]2[C@@H](c3ccccn3)NC(=S)N2CCO)cc1. The monoisotopic (exact) mass is 394 g/mol. The maximum atomic E-state index is 9.60. The molecular formula is C21H22N4O2S. The number of aromatic nitrogens is 2. The van der Waals surface area contributed by atoms with Crippen LogP contribution < -0.4 is 10.1 Å². The van der Waals surface area contributed by atoms with Crippen LogP contribution in [0.4, 0.5) is 0 Å². The van der Waals surface area contributed by atoms with E-state index in [9.17, 15) is 5.11 Å². The van der Waals surface area contributed by atoms with Gasteiger partial charge in [-0.1, -0.05) is 6.07 Å². The van der Waals surface area contributed by atoms with Crippen LogP contribution in [0.15, 0.2) is 67.0 Å². The summed E-state index contributed by atoms with van der Waals surface area (Å²) in [4.78, 5) is 6.57. The second-order valence-corrected chi connectivity index (χ2v) is 6.93. The van der Waals surface area contributed by atoms with Crippen molar-refractivity contribution in [3.63, 3.8) is 0 Å². The molecule has 0 spiro atoms. The van der Waals surface area contributed by atoms with Gasteiger partial charge in [-0.2, -0.15) is 0 Å². The minimum absolute atomic E-state index is 0.0243. The highest BCUT2D eigenvalue weighted by atomic mass is 32.1.